The van der Waals surface area contributed by atoms with Crippen LogP contribution in [-0.4, -0.2) is 9.78 Å². The first kappa shape index (κ1) is 15.5. The minimum absolute atomic E-state index is 0.0239. The summed E-state index contributed by atoms with van der Waals surface area (Å²) in [5, 5.41) is 5.02. The Morgan fingerprint density at radius 1 is 1.58 bits per heavy atom. The van der Waals surface area contributed by atoms with Gasteiger partial charge in [-0.25, -0.2) is 0 Å². The van der Waals surface area contributed by atoms with Crippen molar-refractivity contribution in [2.24, 2.45) is 12.9 Å². The van der Waals surface area contributed by atoms with Crippen LogP contribution < -0.4 is 11.3 Å². The number of hydrogen-bond acceptors (Lipinski definition) is 4. The molecule has 0 saturated carbocycles. The van der Waals surface area contributed by atoms with E-state index in [0.29, 0.717) is 11.4 Å². The van der Waals surface area contributed by atoms with E-state index < -0.39 is 0 Å². The molecule has 4 nitrogen and oxygen atoms in total. The number of nitrogens with two attached hydrogens (primary N) is 1. The highest BCUT2D eigenvalue weighted by atomic mass is 79.9. The molecule has 2 heterocycles. The zero-order valence-electron chi connectivity index (χ0n) is 10.4. The molecule has 0 aliphatic heterocycles. The van der Waals surface area contributed by atoms with Crippen molar-refractivity contribution in [3.05, 3.63) is 35.6 Å². The lowest BCUT2D eigenvalue weighted by molar-refractivity contribution is 0.530. The van der Waals surface area contributed by atoms with Crippen LogP contribution in [0, 0.1) is 6.92 Å². The summed E-state index contributed by atoms with van der Waals surface area (Å²) in [5.74, 6) is 5.68. The summed E-state index contributed by atoms with van der Waals surface area (Å²) in [4.78, 5) is 0. The fraction of sp³-hybridized carbons (Fsp3) is 0.364. The zero-order chi connectivity index (χ0) is 14.2. The van der Waals surface area contributed by atoms with Crippen molar-refractivity contribution in [3.8, 4) is 0 Å². The third-order valence-corrected chi connectivity index (χ3v) is 5.80. The zero-order valence-corrected chi connectivity index (χ0v) is 15.1. The molecule has 104 valence electrons. The quantitative estimate of drug-likeness (QED) is 0.577. The van der Waals surface area contributed by atoms with Crippen LogP contribution >= 0.6 is 54.8 Å². The standard InChI is InChI=1S/C11H13Br2ClN4S/c1-5-10(14)8(18(2)17-5)4-7(16-15)6-3-9(12)19-11(6)13/h3,7,16H,4,15H2,1-2H3. The maximum Gasteiger partial charge on any atom is 0.0847 e. The Morgan fingerprint density at radius 3 is 2.68 bits per heavy atom. The molecule has 1 unspecified atom stereocenters. The van der Waals surface area contributed by atoms with E-state index in [9.17, 15) is 0 Å². The Morgan fingerprint density at radius 2 is 2.26 bits per heavy atom. The van der Waals surface area contributed by atoms with E-state index in [-0.39, 0.29) is 6.04 Å². The first-order valence-corrected chi connectivity index (χ1v) is 8.31. The molecular weight excluding hydrogens is 415 g/mol. The normalized spacial score (nSPS) is 12.9. The van der Waals surface area contributed by atoms with Crippen LogP contribution in [0.2, 0.25) is 5.02 Å². The summed E-state index contributed by atoms with van der Waals surface area (Å²) in [6.45, 7) is 1.90. The fourth-order valence-electron chi connectivity index (χ4n) is 1.94. The lowest BCUT2D eigenvalue weighted by atomic mass is 10.1. The second kappa shape index (κ2) is 6.24. The number of nitrogens with zero attached hydrogens (tertiary/aromatic N) is 2. The molecule has 19 heavy (non-hydrogen) atoms. The van der Waals surface area contributed by atoms with E-state index in [1.54, 1.807) is 16.0 Å². The minimum Gasteiger partial charge on any atom is -0.271 e. The SMILES string of the molecule is Cc1nn(C)c(CC(NN)c2cc(Br)sc2Br)c1Cl. The van der Waals surface area contributed by atoms with E-state index in [0.717, 1.165) is 24.5 Å². The van der Waals surface area contributed by atoms with Gasteiger partial charge in [0, 0.05) is 13.5 Å². The molecule has 0 aromatic carbocycles. The van der Waals surface area contributed by atoms with Gasteiger partial charge in [0.1, 0.15) is 0 Å². The van der Waals surface area contributed by atoms with Crippen LogP contribution in [0.25, 0.3) is 0 Å². The van der Waals surface area contributed by atoms with Crippen molar-refractivity contribution in [2.75, 3.05) is 0 Å². The van der Waals surface area contributed by atoms with E-state index >= 15 is 0 Å². The van der Waals surface area contributed by atoms with Gasteiger partial charge in [-0.3, -0.25) is 16.0 Å². The van der Waals surface area contributed by atoms with Gasteiger partial charge in [0.2, 0.25) is 0 Å². The Labute approximate surface area is 137 Å². The van der Waals surface area contributed by atoms with Gasteiger partial charge in [-0.2, -0.15) is 5.10 Å². The van der Waals surface area contributed by atoms with Gasteiger partial charge in [0.25, 0.3) is 0 Å². The summed E-state index contributed by atoms with van der Waals surface area (Å²) in [6, 6.07) is 2.03. The van der Waals surface area contributed by atoms with E-state index in [2.05, 4.69) is 48.5 Å². The van der Waals surface area contributed by atoms with Gasteiger partial charge in [0.05, 0.1) is 30.0 Å². The summed E-state index contributed by atoms with van der Waals surface area (Å²) >= 11 is 14.9. The number of nitrogens with one attached hydrogen (secondary N) is 1. The molecule has 0 spiro atoms. The second-order valence-electron chi connectivity index (χ2n) is 4.17. The van der Waals surface area contributed by atoms with Crippen LogP contribution in [0.1, 0.15) is 23.0 Å². The Kier molecular flexibility index (Phi) is 5.08. The number of aryl methyl sites for hydroxylation is 2. The highest BCUT2D eigenvalue weighted by Crippen LogP contribution is 2.37. The van der Waals surface area contributed by atoms with Gasteiger partial charge in [-0.15, -0.1) is 11.3 Å². The van der Waals surface area contributed by atoms with Crippen molar-refractivity contribution in [3.63, 3.8) is 0 Å². The lowest BCUT2D eigenvalue weighted by Crippen LogP contribution is -2.30. The molecule has 8 heteroatoms. The predicted molar refractivity (Wildman–Crippen MR) is 86.4 cm³/mol. The molecule has 3 N–H and O–H groups in total. The fourth-order valence-corrected chi connectivity index (χ4v) is 5.16. The molecule has 2 rings (SSSR count). The van der Waals surface area contributed by atoms with E-state index in [1.165, 1.54) is 0 Å². The molecule has 0 aliphatic carbocycles. The minimum atomic E-state index is -0.0239. The number of hydrazine groups is 1. The molecule has 0 bridgehead atoms. The molecule has 0 fully saturated rings. The van der Waals surface area contributed by atoms with Crippen LogP contribution in [-0.2, 0) is 13.5 Å². The van der Waals surface area contributed by atoms with E-state index in [4.69, 9.17) is 17.4 Å². The van der Waals surface area contributed by atoms with Crippen molar-refractivity contribution >= 4 is 54.8 Å². The van der Waals surface area contributed by atoms with Gasteiger partial charge in [0.15, 0.2) is 0 Å². The summed E-state index contributed by atoms with van der Waals surface area (Å²) in [6.07, 6.45) is 0.675. The second-order valence-corrected chi connectivity index (χ2v) is 8.30. The monoisotopic (exact) mass is 426 g/mol. The van der Waals surface area contributed by atoms with Crippen molar-refractivity contribution in [1.29, 1.82) is 0 Å². The van der Waals surface area contributed by atoms with E-state index in [1.807, 2.05) is 14.0 Å². The van der Waals surface area contributed by atoms with Crippen LogP contribution in [0.3, 0.4) is 0 Å². The summed E-state index contributed by atoms with van der Waals surface area (Å²) < 4.78 is 3.91. The topological polar surface area (TPSA) is 55.9 Å². The smallest absolute Gasteiger partial charge is 0.0847 e. The predicted octanol–water partition coefficient (Wildman–Crippen LogP) is 3.72. The molecule has 0 aliphatic rings. The highest BCUT2D eigenvalue weighted by molar-refractivity contribution is 9.12. The lowest BCUT2D eigenvalue weighted by Gasteiger charge is -2.16. The van der Waals surface area contributed by atoms with Crippen LogP contribution in [0.4, 0.5) is 0 Å². The number of thiophene rings is 1. The number of halogens is 3. The number of rotatable bonds is 4. The Hall–Kier alpha value is 0.0800. The first-order chi connectivity index (χ1) is 8.93. The molecular formula is C11H13Br2ClN4S. The average Bonchev–Trinajstić information content (AvgIpc) is 2.79. The largest absolute Gasteiger partial charge is 0.271 e. The Balaban J connectivity index is 2.31. The third kappa shape index (κ3) is 3.22. The summed E-state index contributed by atoms with van der Waals surface area (Å²) in [7, 11) is 1.89. The number of hydrogen-bond donors (Lipinski definition) is 2. The van der Waals surface area contributed by atoms with Crippen molar-refractivity contribution in [2.45, 2.75) is 19.4 Å². The van der Waals surface area contributed by atoms with Crippen molar-refractivity contribution < 1.29 is 0 Å². The molecule has 2 aromatic heterocycles. The average molecular weight is 429 g/mol. The molecule has 0 radical (unpaired) electrons. The molecule has 2 aromatic rings. The van der Waals surface area contributed by atoms with Crippen LogP contribution in [0.5, 0.6) is 0 Å². The Bertz CT molecular complexity index is 596. The van der Waals surface area contributed by atoms with Crippen LogP contribution in [0.15, 0.2) is 13.6 Å². The van der Waals surface area contributed by atoms with Gasteiger partial charge < -0.3 is 0 Å². The molecule has 0 amide bonds. The number of aromatic nitrogens is 2. The summed E-state index contributed by atoms with van der Waals surface area (Å²) in [5.41, 5.74) is 5.75. The van der Waals surface area contributed by atoms with Gasteiger partial charge >= 0.3 is 0 Å². The molecule has 1 atom stereocenters. The van der Waals surface area contributed by atoms with Crippen molar-refractivity contribution in [1.82, 2.24) is 15.2 Å². The highest BCUT2D eigenvalue weighted by Gasteiger charge is 2.21. The maximum absolute atomic E-state index is 6.28. The molecule has 0 saturated heterocycles. The third-order valence-electron chi connectivity index (χ3n) is 2.92. The maximum atomic E-state index is 6.28. The van der Waals surface area contributed by atoms with Gasteiger partial charge in [-0.1, -0.05) is 11.6 Å². The first-order valence-electron chi connectivity index (χ1n) is 5.52. The van der Waals surface area contributed by atoms with Gasteiger partial charge in [-0.05, 0) is 50.4 Å².